The third-order valence-corrected chi connectivity index (χ3v) is 2.86. The molecule has 9 heteroatoms. The number of aliphatic imine (C=N–C) groups is 1. The van der Waals surface area contributed by atoms with Crippen LogP contribution in [-0.4, -0.2) is 41.9 Å². The summed E-state index contributed by atoms with van der Waals surface area (Å²) in [5.41, 5.74) is 0. The van der Waals surface area contributed by atoms with E-state index in [-0.39, 0.29) is 12.5 Å². The molecule has 0 aromatic carbocycles. The summed E-state index contributed by atoms with van der Waals surface area (Å²) in [5.74, 6) is 1.82. The number of aryl methyl sites for hydroxylation is 1. The Balaban J connectivity index is 2.35. The average molecular weight is 335 g/mol. The van der Waals surface area contributed by atoms with Crippen LogP contribution in [0.1, 0.15) is 51.2 Å². The first-order chi connectivity index (χ1) is 10.8. The van der Waals surface area contributed by atoms with Crippen LogP contribution in [-0.2, 0) is 6.42 Å². The van der Waals surface area contributed by atoms with E-state index in [0.717, 1.165) is 0 Å². The Morgan fingerprint density at radius 2 is 2.04 bits per heavy atom. The highest BCUT2D eigenvalue weighted by Crippen LogP contribution is 2.18. The fraction of sp³-hybridized carbons (Fsp3) is 0.786. The normalized spacial score (nSPS) is 12.7. The topological polar surface area (TPSA) is 75.3 Å². The van der Waals surface area contributed by atoms with Crippen LogP contribution in [0.15, 0.2) is 9.52 Å². The van der Waals surface area contributed by atoms with Crippen LogP contribution < -0.4 is 10.6 Å². The summed E-state index contributed by atoms with van der Waals surface area (Å²) >= 11 is 0. The second kappa shape index (κ2) is 9.36. The van der Waals surface area contributed by atoms with Crippen molar-refractivity contribution in [2.75, 3.05) is 19.6 Å². The van der Waals surface area contributed by atoms with E-state index in [1.165, 1.54) is 0 Å². The fourth-order valence-electron chi connectivity index (χ4n) is 1.69. The lowest BCUT2D eigenvalue weighted by Gasteiger charge is -2.12. The number of hydrogen-bond acceptors (Lipinski definition) is 4. The molecule has 1 aromatic heterocycles. The van der Waals surface area contributed by atoms with Gasteiger partial charge in [-0.2, -0.15) is 18.2 Å². The van der Waals surface area contributed by atoms with E-state index in [2.05, 4.69) is 25.8 Å². The van der Waals surface area contributed by atoms with Gasteiger partial charge in [0.2, 0.25) is 5.89 Å². The minimum absolute atomic E-state index is 0.198. The number of nitrogens with zero attached hydrogens (tertiary/aromatic N) is 3. The summed E-state index contributed by atoms with van der Waals surface area (Å²) < 4.78 is 41.5. The summed E-state index contributed by atoms with van der Waals surface area (Å²) in [6.45, 7) is 6.66. The number of nitrogens with one attached hydrogen (secondary N) is 2. The van der Waals surface area contributed by atoms with Crippen molar-refractivity contribution in [1.82, 2.24) is 20.8 Å². The summed E-state index contributed by atoms with van der Waals surface area (Å²) in [4.78, 5) is 8.48. The largest absolute Gasteiger partial charge is 0.390 e. The molecule has 0 atom stereocenters. The van der Waals surface area contributed by atoms with Crippen LogP contribution in [0.3, 0.4) is 0 Å². The monoisotopic (exact) mass is 335 g/mol. The third kappa shape index (κ3) is 8.41. The lowest BCUT2D eigenvalue weighted by Crippen LogP contribution is -2.39. The van der Waals surface area contributed by atoms with Gasteiger partial charge in [0.1, 0.15) is 0 Å². The molecule has 0 saturated heterocycles. The Kier molecular flexibility index (Phi) is 7.84. The van der Waals surface area contributed by atoms with Crippen LogP contribution in [0.4, 0.5) is 13.2 Å². The number of hydrogen-bond donors (Lipinski definition) is 2. The van der Waals surface area contributed by atoms with E-state index < -0.39 is 12.6 Å². The first kappa shape index (κ1) is 19.2. The molecule has 0 aliphatic rings. The van der Waals surface area contributed by atoms with E-state index in [4.69, 9.17) is 4.52 Å². The smallest absolute Gasteiger partial charge is 0.357 e. The summed E-state index contributed by atoms with van der Waals surface area (Å²) in [7, 11) is 0. The van der Waals surface area contributed by atoms with Gasteiger partial charge in [0.25, 0.3) is 0 Å². The lowest BCUT2D eigenvalue weighted by molar-refractivity contribution is -0.132. The van der Waals surface area contributed by atoms with Gasteiger partial charge in [0, 0.05) is 32.0 Å². The van der Waals surface area contributed by atoms with Crippen molar-refractivity contribution in [3.8, 4) is 0 Å². The van der Waals surface area contributed by atoms with Crippen molar-refractivity contribution in [2.24, 2.45) is 4.99 Å². The molecule has 0 amide bonds. The Morgan fingerprint density at radius 3 is 2.61 bits per heavy atom. The first-order valence-electron chi connectivity index (χ1n) is 7.73. The Hall–Kier alpha value is -1.80. The van der Waals surface area contributed by atoms with Crippen LogP contribution in [0.5, 0.6) is 0 Å². The molecule has 2 N–H and O–H groups in total. The average Bonchev–Trinajstić information content (AvgIpc) is 2.91. The molecule has 0 radical (unpaired) electrons. The SMILES string of the molecule is CCNC(=NCCCc1nc(C(C)C)no1)NCCC(F)(F)F. The molecule has 23 heavy (non-hydrogen) atoms. The van der Waals surface area contributed by atoms with Gasteiger partial charge >= 0.3 is 6.18 Å². The third-order valence-electron chi connectivity index (χ3n) is 2.86. The summed E-state index contributed by atoms with van der Waals surface area (Å²) in [6, 6.07) is 0. The molecule has 0 fully saturated rings. The molecular weight excluding hydrogens is 311 g/mol. The molecule has 6 nitrogen and oxygen atoms in total. The van der Waals surface area contributed by atoms with Gasteiger partial charge in [0.15, 0.2) is 11.8 Å². The van der Waals surface area contributed by atoms with Gasteiger partial charge in [0.05, 0.1) is 6.42 Å². The molecular formula is C14H24F3N5O. The van der Waals surface area contributed by atoms with Crippen LogP contribution in [0.25, 0.3) is 0 Å². The Morgan fingerprint density at radius 1 is 1.30 bits per heavy atom. The van der Waals surface area contributed by atoms with E-state index in [1.54, 1.807) is 0 Å². The van der Waals surface area contributed by atoms with Crippen molar-refractivity contribution < 1.29 is 17.7 Å². The van der Waals surface area contributed by atoms with Gasteiger partial charge in [-0.15, -0.1) is 0 Å². The summed E-state index contributed by atoms with van der Waals surface area (Å²) in [6.07, 6.45) is -3.80. The Labute approximate surface area is 133 Å². The van der Waals surface area contributed by atoms with Crippen molar-refractivity contribution >= 4 is 5.96 Å². The summed E-state index contributed by atoms with van der Waals surface area (Å²) in [5, 5.41) is 9.44. The maximum absolute atomic E-state index is 12.1. The van der Waals surface area contributed by atoms with E-state index >= 15 is 0 Å². The molecule has 132 valence electrons. The minimum atomic E-state index is -4.17. The molecule has 1 rings (SSSR count). The van der Waals surface area contributed by atoms with Crippen molar-refractivity contribution in [3.05, 3.63) is 11.7 Å². The van der Waals surface area contributed by atoms with Crippen LogP contribution in [0, 0.1) is 0 Å². The highest BCUT2D eigenvalue weighted by Gasteiger charge is 2.26. The van der Waals surface area contributed by atoms with Crippen molar-refractivity contribution in [1.29, 1.82) is 0 Å². The van der Waals surface area contributed by atoms with E-state index in [0.29, 0.717) is 43.6 Å². The first-order valence-corrected chi connectivity index (χ1v) is 7.73. The Bertz CT molecular complexity index is 485. The van der Waals surface area contributed by atoms with Gasteiger partial charge in [-0.1, -0.05) is 19.0 Å². The maximum Gasteiger partial charge on any atom is 0.390 e. The zero-order valence-electron chi connectivity index (χ0n) is 13.7. The van der Waals surface area contributed by atoms with Crippen LogP contribution >= 0.6 is 0 Å². The quantitative estimate of drug-likeness (QED) is 0.434. The second-order valence-electron chi connectivity index (χ2n) is 5.36. The molecule has 1 aromatic rings. The predicted octanol–water partition coefficient (Wildman–Crippen LogP) is 2.63. The fourth-order valence-corrected chi connectivity index (χ4v) is 1.69. The van der Waals surface area contributed by atoms with Gasteiger partial charge in [-0.3, -0.25) is 4.99 Å². The molecule has 0 saturated carbocycles. The van der Waals surface area contributed by atoms with Crippen LogP contribution in [0.2, 0.25) is 0 Å². The van der Waals surface area contributed by atoms with E-state index in [9.17, 15) is 13.2 Å². The molecule has 0 unspecified atom stereocenters. The number of guanidine groups is 1. The zero-order chi connectivity index (χ0) is 17.3. The number of alkyl halides is 3. The number of aromatic nitrogens is 2. The maximum atomic E-state index is 12.1. The molecule has 0 aliphatic carbocycles. The van der Waals surface area contributed by atoms with Gasteiger partial charge < -0.3 is 15.2 Å². The van der Waals surface area contributed by atoms with Gasteiger partial charge in [-0.25, -0.2) is 0 Å². The molecule has 1 heterocycles. The highest BCUT2D eigenvalue weighted by atomic mass is 19.4. The molecule has 0 aliphatic heterocycles. The van der Waals surface area contributed by atoms with Crippen molar-refractivity contribution in [3.63, 3.8) is 0 Å². The molecule has 0 bridgehead atoms. The second-order valence-corrected chi connectivity index (χ2v) is 5.36. The minimum Gasteiger partial charge on any atom is -0.357 e. The molecule has 0 spiro atoms. The predicted molar refractivity (Wildman–Crippen MR) is 81.4 cm³/mol. The zero-order valence-corrected chi connectivity index (χ0v) is 13.7. The number of rotatable bonds is 8. The number of halogens is 3. The standard InChI is InChI=1S/C14H24F3N5O/c1-4-18-13(20-9-7-14(15,16)17)19-8-5-6-11-21-12(10(2)3)22-23-11/h10H,4-9H2,1-3H3,(H2,18,19,20). The van der Waals surface area contributed by atoms with Gasteiger partial charge in [-0.05, 0) is 13.3 Å². The van der Waals surface area contributed by atoms with E-state index in [1.807, 2.05) is 20.8 Å². The lowest BCUT2D eigenvalue weighted by atomic mass is 10.2. The highest BCUT2D eigenvalue weighted by molar-refractivity contribution is 5.79. The van der Waals surface area contributed by atoms with Crippen molar-refractivity contribution in [2.45, 2.75) is 52.1 Å².